The van der Waals surface area contributed by atoms with Crippen molar-refractivity contribution in [2.45, 2.75) is 51.4 Å². The highest BCUT2D eigenvalue weighted by Crippen LogP contribution is 2.37. The Morgan fingerprint density at radius 1 is 1.25 bits per heavy atom. The van der Waals surface area contributed by atoms with E-state index in [0.717, 1.165) is 18.7 Å². The van der Waals surface area contributed by atoms with Crippen LogP contribution in [0.15, 0.2) is 18.2 Å². The van der Waals surface area contributed by atoms with Gasteiger partial charge in [0.1, 0.15) is 5.82 Å². The number of hydrogen-bond acceptors (Lipinski definition) is 1. The molecule has 1 aliphatic carbocycles. The molecular formula is C17H25ClFN. The van der Waals surface area contributed by atoms with E-state index in [4.69, 9.17) is 11.6 Å². The van der Waals surface area contributed by atoms with Crippen molar-refractivity contribution in [1.82, 2.24) is 5.32 Å². The van der Waals surface area contributed by atoms with Gasteiger partial charge >= 0.3 is 0 Å². The third-order valence-corrected chi connectivity index (χ3v) is 4.77. The Labute approximate surface area is 126 Å². The van der Waals surface area contributed by atoms with Gasteiger partial charge in [0, 0.05) is 17.5 Å². The highest BCUT2D eigenvalue weighted by Gasteiger charge is 2.25. The van der Waals surface area contributed by atoms with E-state index in [0.29, 0.717) is 16.9 Å². The summed E-state index contributed by atoms with van der Waals surface area (Å²) < 4.78 is 13.3. The molecule has 2 rings (SSSR count). The van der Waals surface area contributed by atoms with E-state index >= 15 is 0 Å². The monoisotopic (exact) mass is 297 g/mol. The third-order valence-electron chi connectivity index (χ3n) is 4.45. The lowest BCUT2D eigenvalue weighted by atomic mass is 9.81. The fraction of sp³-hybridized carbons (Fsp3) is 0.647. The van der Waals surface area contributed by atoms with E-state index in [-0.39, 0.29) is 5.82 Å². The lowest BCUT2D eigenvalue weighted by Gasteiger charge is -2.28. The highest BCUT2D eigenvalue weighted by molar-refractivity contribution is 6.31. The summed E-state index contributed by atoms with van der Waals surface area (Å²) >= 11 is 6.30. The molecule has 1 saturated carbocycles. The van der Waals surface area contributed by atoms with Crippen molar-refractivity contribution in [3.63, 3.8) is 0 Å². The van der Waals surface area contributed by atoms with Crippen molar-refractivity contribution in [3.8, 4) is 0 Å². The molecule has 0 aliphatic heterocycles. The first kappa shape index (κ1) is 15.8. The second-order valence-electron chi connectivity index (χ2n) is 5.83. The molecule has 0 heterocycles. The van der Waals surface area contributed by atoms with Gasteiger partial charge in [-0.25, -0.2) is 4.39 Å². The zero-order valence-corrected chi connectivity index (χ0v) is 13.1. The van der Waals surface area contributed by atoms with E-state index < -0.39 is 0 Å². The van der Waals surface area contributed by atoms with Crippen LogP contribution in [0.4, 0.5) is 4.39 Å². The molecule has 1 aromatic rings. The maximum atomic E-state index is 13.3. The minimum absolute atomic E-state index is 0.248. The summed E-state index contributed by atoms with van der Waals surface area (Å²) in [5, 5.41) is 4.03. The summed E-state index contributed by atoms with van der Waals surface area (Å²) in [6.45, 7) is 4.02. The SMILES string of the molecule is CCNCC(c1ccc(F)cc1Cl)C1CCCCCC1. The fourth-order valence-electron chi connectivity index (χ4n) is 3.35. The predicted octanol–water partition coefficient (Wildman–Crippen LogP) is 5.14. The van der Waals surface area contributed by atoms with E-state index in [1.807, 2.05) is 6.07 Å². The van der Waals surface area contributed by atoms with Gasteiger partial charge in [-0.2, -0.15) is 0 Å². The second kappa shape index (κ2) is 7.99. The molecule has 112 valence electrons. The molecule has 1 aliphatic rings. The zero-order chi connectivity index (χ0) is 14.4. The van der Waals surface area contributed by atoms with Gasteiger partial charge in [0.05, 0.1) is 0 Å². The highest BCUT2D eigenvalue weighted by atomic mass is 35.5. The Kier molecular flexibility index (Phi) is 6.31. The van der Waals surface area contributed by atoms with Gasteiger partial charge in [0.2, 0.25) is 0 Å². The van der Waals surface area contributed by atoms with Crippen LogP contribution in [0, 0.1) is 11.7 Å². The first-order valence-electron chi connectivity index (χ1n) is 7.88. The van der Waals surface area contributed by atoms with Crippen molar-refractivity contribution >= 4 is 11.6 Å². The van der Waals surface area contributed by atoms with Crippen molar-refractivity contribution < 1.29 is 4.39 Å². The van der Waals surface area contributed by atoms with Crippen LogP contribution in [0.3, 0.4) is 0 Å². The minimum atomic E-state index is -0.248. The number of nitrogens with one attached hydrogen (secondary N) is 1. The molecule has 1 aromatic carbocycles. The predicted molar refractivity (Wildman–Crippen MR) is 83.9 cm³/mol. The first-order chi connectivity index (χ1) is 9.72. The Balaban J connectivity index is 2.20. The molecule has 1 nitrogen and oxygen atoms in total. The van der Waals surface area contributed by atoms with E-state index in [9.17, 15) is 4.39 Å². The van der Waals surface area contributed by atoms with Crippen LogP contribution in [0.1, 0.15) is 56.9 Å². The molecule has 0 radical (unpaired) electrons. The van der Waals surface area contributed by atoms with Crippen LogP contribution < -0.4 is 5.32 Å². The maximum absolute atomic E-state index is 13.3. The molecule has 1 atom stereocenters. The minimum Gasteiger partial charge on any atom is -0.316 e. The van der Waals surface area contributed by atoms with Crippen LogP contribution in [-0.4, -0.2) is 13.1 Å². The van der Waals surface area contributed by atoms with Gasteiger partial charge in [0.25, 0.3) is 0 Å². The average Bonchev–Trinajstić information content (AvgIpc) is 2.70. The third kappa shape index (κ3) is 4.20. The van der Waals surface area contributed by atoms with Crippen LogP contribution in [0.2, 0.25) is 5.02 Å². The van der Waals surface area contributed by atoms with E-state index in [1.54, 1.807) is 0 Å². The number of likely N-dealkylation sites (N-methyl/N-ethyl adjacent to an activating group) is 1. The second-order valence-corrected chi connectivity index (χ2v) is 6.24. The summed E-state index contributed by atoms with van der Waals surface area (Å²) in [4.78, 5) is 0. The van der Waals surface area contributed by atoms with Gasteiger partial charge < -0.3 is 5.32 Å². The average molecular weight is 298 g/mol. The molecule has 1 unspecified atom stereocenters. The fourth-order valence-corrected chi connectivity index (χ4v) is 3.65. The molecule has 0 saturated heterocycles. The molecule has 3 heteroatoms. The zero-order valence-electron chi connectivity index (χ0n) is 12.3. The summed E-state index contributed by atoms with van der Waals surface area (Å²) in [5.41, 5.74) is 1.11. The van der Waals surface area contributed by atoms with Crippen molar-refractivity contribution in [1.29, 1.82) is 0 Å². The summed E-state index contributed by atoms with van der Waals surface area (Å²) in [6.07, 6.45) is 7.86. The maximum Gasteiger partial charge on any atom is 0.124 e. The van der Waals surface area contributed by atoms with Crippen LogP contribution in [0.5, 0.6) is 0 Å². The number of hydrogen-bond donors (Lipinski definition) is 1. The van der Waals surface area contributed by atoms with Gasteiger partial charge in [-0.1, -0.05) is 50.3 Å². The normalized spacial score (nSPS) is 18.8. The van der Waals surface area contributed by atoms with Crippen molar-refractivity contribution in [2.75, 3.05) is 13.1 Å². The Morgan fingerprint density at radius 3 is 2.55 bits per heavy atom. The Bertz CT molecular complexity index is 413. The lowest BCUT2D eigenvalue weighted by molar-refractivity contribution is 0.363. The summed E-state index contributed by atoms with van der Waals surface area (Å²) in [5.74, 6) is 0.822. The lowest BCUT2D eigenvalue weighted by Crippen LogP contribution is -2.27. The standard InChI is InChI=1S/C17H25ClFN/c1-2-20-12-16(13-7-5-3-4-6-8-13)15-10-9-14(19)11-17(15)18/h9-11,13,16,20H,2-8,12H2,1H3. The van der Waals surface area contributed by atoms with Crippen LogP contribution in [0.25, 0.3) is 0 Å². The van der Waals surface area contributed by atoms with Crippen molar-refractivity contribution in [3.05, 3.63) is 34.6 Å². The first-order valence-corrected chi connectivity index (χ1v) is 8.25. The van der Waals surface area contributed by atoms with Crippen LogP contribution >= 0.6 is 11.6 Å². The molecule has 0 bridgehead atoms. The van der Waals surface area contributed by atoms with Crippen molar-refractivity contribution in [2.24, 2.45) is 5.92 Å². The van der Waals surface area contributed by atoms with E-state index in [2.05, 4.69) is 12.2 Å². The molecular weight excluding hydrogens is 273 g/mol. The number of benzene rings is 1. The molecule has 0 amide bonds. The number of halogens is 2. The van der Waals surface area contributed by atoms with Crippen LogP contribution in [-0.2, 0) is 0 Å². The summed E-state index contributed by atoms with van der Waals surface area (Å²) in [6, 6.07) is 4.87. The van der Waals surface area contributed by atoms with Gasteiger partial charge in [0.15, 0.2) is 0 Å². The largest absolute Gasteiger partial charge is 0.316 e. The van der Waals surface area contributed by atoms with Gasteiger partial charge in [-0.15, -0.1) is 0 Å². The van der Waals surface area contributed by atoms with Gasteiger partial charge in [-0.05, 0) is 43.0 Å². The van der Waals surface area contributed by atoms with Gasteiger partial charge in [-0.3, -0.25) is 0 Å². The summed E-state index contributed by atoms with van der Waals surface area (Å²) in [7, 11) is 0. The molecule has 0 spiro atoms. The topological polar surface area (TPSA) is 12.0 Å². The molecule has 0 aromatic heterocycles. The smallest absolute Gasteiger partial charge is 0.124 e. The Morgan fingerprint density at radius 2 is 1.95 bits per heavy atom. The quantitative estimate of drug-likeness (QED) is 0.742. The molecule has 1 N–H and O–H groups in total. The molecule has 20 heavy (non-hydrogen) atoms. The number of rotatable bonds is 5. The molecule has 1 fully saturated rings. The Hall–Kier alpha value is -0.600. The van der Waals surface area contributed by atoms with E-state index in [1.165, 1.54) is 50.7 Å².